The summed E-state index contributed by atoms with van der Waals surface area (Å²) in [6.45, 7) is 2.00. The van der Waals surface area contributed by atoms with E-state index in [2.05, 4.69) is 27.3 Å². The quantitative estimate of drug-likeness (QED) is 0.617. The van der Waals surface area contributed by atoms with Crippen molar-refractivity contribution in [1.29, 1.82) is 0 Å². The van der Waals surface area contributed by atoms with Crippen LogP contribution in [0.2, 0.25) is 0 Å². The lowest BCUT2D eigenvalue weighted by molar-refractivity contribution is 1.03. The maximum Gasteiger partial charge on any atom is 0.180 e. The van der Waals surface area contributed by atoms with Crippen LogP contribution >= 0.6 is 0 Å². The van der Waals surface area contributed by atoms with Crippen molar-refractivity contribution in [2.24, 2.45) is 0 Å². The fourth-order valence-electron chi connectivity index (χ4n) is 2.66. The van der Waals surface area contributed by atoms with Gasteiger partial charge in [-0.25, -0.2) is 9.97 Å². The molecular weight excluding hydrogens is 276 g/mol. The van der Waals surface area contributed by atoms with Crippen molar-refractivity contribution in [1.82, 2.24) is 24.6 Å². The van der Waals surface area contributed by atoms with Gasteiger partial charge in [0, 0.05) is 43.6 Å². The lowest BCUT2D eigenvalue weighted by atomic mass is 10.1. The van der Waals surface area contributed by atoms with E-state index in [0.29, 0.717) is 0 Å². The Morgan fingerprint density at radius 2 is 2.09 bits per heavy atom. The molecule has 3 heterocycles. The molecule has 0 radical (unpaired) electrons. The number of nitrogens with zero attached hydrogens (tertiary/aromatic N) is 5. The van der Waals surface area contributed by atoms with Gasteiger partial charge in [-0.05, 0) is 19.1 Å². The molecular formula is C16H16N6. The van der Waals surface area contributed by atoms with Crippen LogP contribution in [0.4, 0.5) is 5.82 Å². The van der Waals surface area contributed by atoms with Crippen molar-refractivity contribution in [3.63, 3.8) is 0 Å². The van der Waals surface area contributed by atoms with E-state index in [1.54, 1.807) is 6.20 Å². The topological polar surface area (TPSA) is 62.1 Å². The van der Waals surface area contributed by atoms with Crippen LogP contribution in [0.5, 0.6) is 0 Å². The average molecular weight is 292 g/mol. The minimum atomic E-state index is 0.853. The number of aryl methyl sites for hydroxylation is 1. The first-order valence-corrected chi connectivity index (χ1v) is 7.09. The average Bonchev–Trinajstić information content (AvgIpc) is 3.12. The summed E-state index contributed by atoms with van der Waals surface area (Å²) in [5, 5.41) is 8.40. The molecule has 0 aliphatic rings. The molecule has 0 unspecified atom stereocenters. The number of fused-ring (bicyclic) bond motifs is 2. The van der Waals surface area contributed by atoms with Crippen molar-refractivity contribution >= 4 is 22.4 Å². The molecule has 1 N–H and O–H groups in total. The number of hydrogen-bond acceptors (Lipinski definition) is 4. The molecule has 0 saturated carbocycles. The summed E-state index contributed by atoms with van der Waals surface area (Å²) >= 11 is 0. The fourth-order valence-corrected chi connectivity index (χ4v) is 2.66. The van der Waals surface area contributed by atoms with Crippen LogP contribution in [0.1, 0.15) is 5.69 Å². The van der Waals surface area contributed by atoms with E-state index in [9.17, 15) is 0 Å². The van der Waals surface area contributed by atoms with Gasteiger partial charge in [-0.3, -0.25) is 5.10 Å². The van der Waals surface area contributed by atoms with Gasteiger partial charge in [0.25, 0.3) is 0 Å². The van der Waals surface area contributed by atoms with E-state index in [4.69, 9.17) is 4.98 Å². The van der Waals surface area contributed by atoms with Crippen molar-refractivity contribution in [3.05, 3.63) is 42.5 Å². The molecule has 0 bridgehead atoms. The molecule has 0 atom stereocenters. The monoisotopic (exact) mass is 292 g/mol. The van der Waals surface area contributed by atoms with Crippen molar-refractivity contribution in [2.45, 2.75) is 6.92 Å². The summed E-state index contributed by atoms with van der Waals surface area (Å²) in [7, 11) is 3.95. The van der Waals surface area contributed by atoms with Gasteiger partial charge < -0.3 is 9.30 Å². The molecule has 0 amide bonds. The van der Waals surface area contributed by atoms with Crippen LogP contribution in [-0.4, -0.2) is 38.7 Å². The normalized spacial score (nSPS) is 11.4. The van der Waals surface area contributed by atoms with Gasteiger partial charge in [0.05, 0.1) is 16.9 Å². The van der Waals surface area contributed by atoms with Crippen LogP contribution in [0.25, 0.3) is 27.8 Å². The molecule has 6 heteroatoms. The van der Waals surface area contributed by atoms with E-state index in [1.807, 2.05) is 48.8 Å². The second-order valence-electron chi connectivity index (χ2n) is 5.57. The minimum Gasteiger partial charge on any atom is -0.360 e. The molecule has 0 aliphatic carbocycles. The molecule has 0 aliphatic heterocycles. The summed E-state index contributed by atoms with van der Waals surface area (Å²) in [5.41, 5.74) is 4.87. The molecule has 4 rings (SSSR count). The Morgan fingerprint density at radius 3 is 2.91 bits per heavy atom. The third-order valence-electron chi connectivity index (χ3n) is 3.83. The third kappa shape index (κ3) is 1.84. The number of imidazole rings is 1. The Balaban J connectivity index is 1.96. The largest absolute Gasteiger partial charge is 0.360 e. The highest BCUT2D eigenvalue weighted by molar-refractivity contribution is 5.86. The summed E-state index contributed by atoms with van der Waals surface area (Å²) in [5.74, 6) is 0.853. The molecule has 0 spiro atoms. The Morgan fingerprint density at radius 1 is 1.23 bits per heavy atom. The molecule has 0 fully saturated rings. The van der Waals surface area contributed by atoms with Gasteiger partial charge in [0.15, 0.2) is 11.5 Å². The highest BCUT2D eigenvalue weighted by atomic mass is 15.2. The molecule has 6 nitrogen and oxygen atoms in total. The van der Waals surface area contributed by atoms with Crippen molar-refractivity contribution in [2.75, 3.05) is 19.0 Å². The molecule has 3 aromatic heterocycles. The number of aromatic amines is 1. The van der Waals surface area contributed by atoms with Crippen LogP contribution in [-0.2, 0) is 0 Å². The smallest absolute Gasteiger partial charge is 0.180 e. The number of anilines is 1. The number of aromatic nitrogens is 5. The van der Waals surface area contributed by atoms with E-state index >= 15 is 0 Å². The second-order valence-corrected chi connectivity index (χ2v) is 5.57. The Kier molecular flexibility index (Phi) is 2.66. The Bertz CT molecular complexity index is 979. The van der Waals surface area contributed by atoms with Gasteiger partial charge in [-0.15, -0.1) is 0 Å². The zero-order valence-electron chi connectivity index (χ0n) is 12.7. The van der Waals surface area contributed by atoms with Crippen LogP contribution < -0.4 is 4.90 Å². The Labute approximate surface area is 127 Å². The first kappa shape index (κ1) is 12.8. The van der Waals surface area contributed by atoms with E-state index < -0.39 is 0 Å². The first-order valence-electron chi connectivity index (χ1n) is 7.09. The summed E-state index contributed by atoms with van der Waals surface area (Å²) in [4.78, 5) is 11.1. The predicted molar refractivity (Wildman–Crippen MR) is 87.1 cm³/mol. The number of nitrogens with one attached hydrogen (secondary N) is 1. The number of H-pyrrole nitrogens is 1. The fraction of sp³-hybridized carbons (Fsp3) is 0.188. The predicted octanol–water partition coefficient (Wildman–Crippen LogP) is 2.65. The van der Waals surface area contributed by atoms with Gasteiger partial charge in [-0.2, -0.15) is 5.10 Å². The van der Waals surface area contributed by atoms with Crippen molar-refractivity contribution in [3.8, 4) is 11.3 Å². The molecule has 22 heavy (non-hydrogen) atoms. The molecule has 110 valence electrons. The van der Waals surface area contributed by atoms with Crippen LogP contribution in [0.15, 0.2) is 36.8 Å². The van der Waals surface area contributed by atoms with Gasteiger partial charge >= 0.3 is 0 Å². The molecule has 0 saturated heterocycles. The SMILES string of the molecule is Cc1n[nH]c2ccc(-c3cn4ccnc4c(N(C)C)n3)cc12. The van der Waals surface area contributed by atoms with Crippen LogP contribution in [0.3, 0.4) is 0 Å². The lowest BCUT2D eigenvalue weighted by Gasteiger charge is -2.14. The van der Waals surface area contributed by atoms with Crippen LogP contribution in [0, 0.1) is 6.92 Å². The van der Waals surface area contributed by atoms with Gasteiger partial charge in [0.1, 0.15) is 0 Å². The number of hydrogen-bond donors (Lipinski definition) is 1. The Hall–Kier alpha value is -2.89. The van der Waals surface area contributed by atoms with E-state index in [0.717, 1.165) is 39.3 Å². The minimum absolute atomic E-state index is 0.853. The molecule has 4 aromatic rings. The number of benzene rings is 1. The van der Waals surface area contributed by atoms with Gasteiger partial charge in [0.2, 0.25) is 0 Å². The van der Waals surface area contributed by atoms with E-state index in [1.165, 1.54) is 0 Å². The summed E-state index contributed by atoms with van der Waals surface area (Å²) < 4.78 is 2.00. The van der Waals surface area contributed by atoms with Gasteiger partial charge in [-0.1, -0.05) is 6.07 Å². The first-order chi connectivity index (χ1) is 10.6. The maximum absolute atomic E-state index is 4.78. The zero-order valence-corrected chi connectivity index (χ0v) is 12.7. The van der Waals surface area contributed by atoms with Crippen molar-refractivity contribution < 1.29 is 0 Å². The standard InChI is InChI=1S/C16H16N6/c1-10-12-8-11(4-5-13(12)20-19-10)14-9-22-7-6-17-15(22)16(18-14)21(2)3/h4-9H,1-3H3,(H,19,20). The van der Waals surface area contributed by atoms with E-state index in [-0.39, 0.29) is 0 Å². The lowest BCUT2D eigenvalue weighted by Crippen LogP contribution is -2.13. The third-order valence-corrected chi connectivity index (χ3v) is 3.83. The highest BCUT2D eigenvalue weighted by Gasteiger charge is 2.11. The second kappa shape index (κ2) is 4.56. The molecule has 1 aromatic carbocycles. The number of rotatable bonds is 2. The maximum atomic E-state index is 4.78. The summed E-state index contributed by atoms with van der Waals surface area (Å²) in [6.07, 6.45) is 5.73. The highest BCUT2D eigenvalue weighted by Crippen LogP contribution is 2.26. The summed E-state index contributed by atoms with van der Waals surface area (Å²) in [6, 6.07) is 6.23. The zero-order chi connectivity index (χ0) is 15.3.